The van der Waals surface area contributed by atoms with E-state index >= 15 is 0 Å². The van der Waals surface area contributed by atoms with Crippen LogP contribution in [0.15, 0.2) is 163 Å². The largest absolute Gasteiger partial charge is 0.0880 e. The number of hydrogen-bond donors (Lipinski definition) is 0. The van der Waals surface area contributed by atoms with Crippen molar-refractivity contribution < 1.29 is 0 Å². The smallest absolute Gasteiger partial charge is 0.0623 e. The number of allylic oxidation sites excluding steroid dienone is 1. The molecule has 10 rings (SSSR count). The fourth-order valence-electron chi connectivity index (χ4n) is 9.17. The third kappa shape index (κ3) is 4.77. The highest BCUT2D eigenvalue weighted by molar-refractivity contribution is 6.78. The molecule has 1 unspecified atom stereocenters. The first-order valence-electron chi connectivity index (χ1n) is 18.4. The fourth-order valence-corrected chi connectivity index (χ4v) is 12.0. The monoisotopic (exact) mass is 678 g/mol. The number of rotatable bonds is 4. The van der Waals surface area contributed by atoms with E-state index in [1.165, 1.54) is 103 Å². The van der Waals surface area contributed by atoms with Gasteiger partial charge in [-0.25, -0.2) is 0 Å². The fraction of sp³-hybridized carbons (Fsp3) is 0.0784. The Morgan fingerprint density at radius 3 is 1.90 bits per heavy atom. The summed E-state index contributed by atoms with van der Waals surface area (Å²) in [5.74, 6) is 0.164. The quantitative estimate of drug-likeness (QED) is 0.128. The summed E-state index contributed by atoms with van der Waals surface area (Å²) in [6, 6.07) is 59.2. The van der Waals surface area contributed by atoms with Crippen molar-refractivity contribution in [3.63, 3.8) is 0 Å². The first-order valence-corrected chi connectivity index (χ1v) is 19.9. The van der Waals surface area contributed by atoms with Crippen LogP contribution in [-0.4, -0.2) is 8.41 Å². The second-order valence-corrected chi connectivity index (χ2v) is 17.0. The van der Waals surface area contributed by atoms with Crippen molar-refractivity contribution in [2.45, 2.75) is 26.7 Å². The molecule has 0 spiro atoms. The topological polar surface area (TPSA) is 0 Å². The molecule has 1 heteroatoms. The Labute approximate surface area is 306 Å². The zero-order valence-electron chi connectivity index (χ0n) is 29.7. The van der Waals surface area contributed by atoms with Gasteiger partial charge in [0.05, 0.1) is 8.41 Å². The molecule has 0 fully saturated rings. The second-order valence-electron chi connectivity index (χ2n) is 14.6. The van der Waals surface area contributed by atoms with Gasteiger partial charge in [0.15, 0.2) is 0 Å². The van der Waals surface area contributed by atoms with Gasteiger partial charge in [-0.2, -0.15) is 0 Å². The Hall–Kier alpha value is -5.89. The zero-order chi connectivity index (χ0) is 34.9. The lowest BCUT2D eigenvalue weighted by Gasteiger charge is -2.22. The van der Waals surface area contributed by atoms with E-state index in [1.54, 1.807) is 0 Å². The van der Waals surface area contributed by atoms with Crippen LogP contribution in [0.1, 0.15) is 46.2 Å². The van der Waals surface area contributed by atoms with Crippen molar-refractivity contribution >= 4 is 52.5 Å². The summed E-state index contributed by atoms with van der Waals surface area (Å²) in [7, 11) is -1.31. The van der Waals surface area contributed by atoms with Crippen molar-refractivity contribution in [1.29, 1.82) is 0 Å². The Balaban J connectivity index is 1.28. The standard InChI is InChI=1S/C51H38Si/c1-32-25-26-40-36(27-32)30-48-47(40)31-49(52(37-16-6-4-7-17-37)38-18-8-5-9-19-38)34(3)51(48)50-33(2)28-45-43(23-14-24-44(45)50)46-29-35-15-10-11-20-39(35)41-21-12-13-22-42(41)46/h4-31,50H,1-3H3. The SMILES string of the molecule is CC1=Cc2c(-c3cc4ccccc4c4ccccc34)cccc2C1c1c(C)c(=[Si](c2ccccc2)c2ccccc2)cc2c1=Cc1cc(C)ccc1-2. The van der Waals surface area contributed by atoms with Crippen LogP contribution in [0, 0.1) is 18.7 Å². The van der Waals surface area contributed by atoms with E-state index in [9.17, 15) is 0 Å². The van der Waals surface area contributed by atoms with Gasteiger partial charge in [0.1, 0.15) is 0 Å². The van der Waals surface area contributed by atoms with Crippen molar-refractivity contribution in [3.05, 3.63) is 207 Å². The molecule has 0 radical (unpaired) electrons. The van der Waals surface area contributed by atoms with E-state index in [2.05, 4.69) is 191 Å². The van der Waals surface area contributed by atoms with Crippen molar-refractivity contribution in [1.82, 2.24) is 0 Å². The van der Waals surface area contributed by atoms with Crippen LogP contribution in [0.25, 0.3) is 56.0 Å². The summed E-state index contributed by atoms with van der Waals surface area (Å²) in [4.78, 5) is 1.48. The average molecular weight is 679 g/mol. The molecule has 2 aliphatic rings. The van der Waals surface area contributed by atoms with Crippen LogP contribution in [0.5, 0.6) is 0 Å². The first kappa shape index (κ1) is 30.9. The number of fused-ring (bicyclic) bond motifs is 7. The lowest BCUT2D eigenvalue weighted by Crippen LogP contribution is -2.36. The van der Waals surface area contributed by atoms with Crippen LogP contribution < -0.4 is 15.6 Å². The second kappa shape index (κ2) is 12.1. The molecule has 0 saturated carbocycles. The van der Waals surface area contributed by atoms with Gasteiger partial charge in [-0.1, -0.05) is 169 Å². The highest BCUT2D eigenvalue weighted by Crippen LogP contribution is 2.47. The summed E-state index contributed by atoms with van der Waals surface area (Å²) in [5, 5.41) is 9.43. The molecule has 1 atom stereocenters. The van der Waals surface area contributed by atoms with Crippen molar-refractivity contribution in [3.8, 4) is 22.3 Å². The summed E-state index contributed by atoms with van der Waals surface area (Å²) in [5.41, 5.74) is 15.0. The highest BCUT2D eigenvalue weighted by Gasteiger charge is 2.31. The van der Waals surface area contributed by atoms with E-state index < -0.39 is 8.41 Å². The van der Waals surface area contributed by atoms with Gasteiger partial charge >= 0.3 is 0 Å². The Kier molecular flexibility index (Phi) is 7.20. The van der Waals surface area contributed by atoms with Crippen LogP contribution in [0.2, 0.25) is 0 Å². The molecule has 0 aliphatic heterocycles. The maximum Gasteiger partial charge on any atom is 0.0880 e. The van der Waals surface area contributed by atoms with Gasteiger partial charge in [-0.15, -0.1) is 0 Å². The third-order valence-electron chi connectivity index (χ3n) is 11.5. The normalized spacial score (nSPS) is 14.1. The highest BCUT2D eigenvalue weighted by atomic mass is 28.2. The summed E-state index contributed by atoms with van der Waals surface area (Å²) >= 11 is 0. The molecule has 0 nitrogen and oxygen atoms in total. The average Bonchev–Trinajstić information content (AvgIpc) is 3.71. The molecular weight excluding hydrogens is 641 g/mol. The molecule has 2 aliphatic carbocycles. The molecule has 52 heavy (non-hydrogen) atoms. The van der Waals surface area contributed by atoms with Crippen LogP contribution in [0.3, 0.4) is 0 Å². The first-order chi connectivity index (χ1) is 25.5. The van der Waals surface area contributed by atoms with Crippen LogP contribution >= 0.6 is 0 Å². The molecule has 0 saturated heterocycles. The van der Waals surface area contributed by atoms with E-state index in [-0.39, 0.29) is 5.92 Å². The molecule has 0 heterocycles. The van der Waals surface area contributed by atoms with Gasteiger partial charge in [-0.3, -0.25) is 0 Å². The van der Waals surface area contributed by atoms with Crippen molar-refractivity contribution in [2.24, 2.45) is 0 Å². The molecule has 0 N–H and O–H groups in total. The van der Waals surface area contributed by atoms with Gasteiger partial charge in [0, 0.05) is 5.92 Å². The summed E-state index contributed by atoms with van der Waals surface area (Å²) in [6.07, 6.45) is 4.97. The van der Waals surface area contributed by atoms with Crippen LogP contribution in [-0.2, 0) is 0 Å². The maximum absolute atomic E-state index is 2.56. The maximum atomic E-state index is 2.56. The number of aryl methyl sites for hydroxylation is 1. The zero-order valence-corrected chi connectivity index (χ0v) is 30.7. The minimum absolute atomic E-state index is 0.164. The van der Waals surface area contributed by atoms with Crippen molar-refractivity contribution in [2.75, 3.05) is 0 Å². The molecule has 8 aromatic carbocycles. The van der Waals surface area contributed by atoms with Gasteiger partial charge in [0.2, 0.25) is 0 Å². The van der Waals surface area contributed by atoms with E-state index in [0.717, 1.165) is 0 Å². The Bertz CT molecular complexity index is 2870. The van der Waals surface area contributed by atoms with E-state index in [0.29, 0.717) is 0 Å². The number of benzene rings is 8. The van der Waals surface area contributed by atoms with Gasteiger partial charge in [-0.05, 0) is 125 Å². The molecular formula is C51H38Si. The predicted octanol–water partition coefficient (Wildman–Crippen LogP) is 10.8. The molecule has 246 valence electrons. The van der Waals surface area contributed by atoms with E-state index in [1.807, 2.05) is 0 Å². The Morgan fingerprint density at radius 1 is 0.481 bits per heavy atom. The minimum atomic E-state index is -1.31. The number of hydrogen-bond acceptors (Lipinski definition) is 0. The van der Waals surface area contributed by atoms with Gasteiger partial charge < -0.3 is 0 Å². The molecule has 0 amide bonds. The molecule has 0 aromatic heterocycles. The summed E-state index contributed by atoms with van der Waals surface area (Å²) < 4.78 is 0. The predicted molar refractivity (Wildman–Crippen MR) is 224 cm³/mol. The van der Waals surface area contributed by atoms with Gasteiger partial charge in [0.25, 0.3) is 0 Å². The lowest BCUT2D eigenvalue weighted by molar-refractivity contribution is 0.951. The third-order valence-corrected chi connectivity index (χ3v) is 14.4. The minimum Gasteiger partial charge on any atom is -0.0623 e. The summed E-state index contributed by atoms with van der Waals surface area (Å²) in [6.45, 7) is 6.98. The Morgan fingerprint density at radius 2 is 1.15 bits per heavy atom. The van der Waals surface area contributed by atoms with Crippen LogP contribution in [0.4, 0.5) is 0 Å². The van der Waals surface area contributed by atoms with E-state index in [4.69, 9.17) is 0 Å². The lowest BCUT2D eigenvalue weighted by atomic mass is 9.82. The molecule has 0 bridgehead atoms. The molecule has 8 aromatic rings.